The van der Waals surface area contributed by atoms with Gasteiger partial charge in [-0.25, -0.2) is 0 Å². The fourth-order valence-electron chi connectivity index (χ4n) is 1.47. The van der Waals surface area contributed by atoms with Gasteiger partial charge in [-0.3, -0.25) is 0 Å². The second-order valence-electron chi connectivity index (χ2n) is 3.25. The normalized spacial score (nSPS) is 16.9. The van der Waals surface area contributed by atoms with Crippen molar-refractivity contribution in [2.45, 2.75) is 12.9 Å². The number of nitrogen functional groups attached to an aromatic ring is 1. The standard InChI is InChI=1S/C10H11F2NO3/c11-10(12)16-8-2-1-6(5-7(8)13)9-14-3-4-15-9/h1-2,5,9-10H,3-4,13H2. The van der Waals surface area contributed by atoms with Crippen LogP contribution in [0.1, 0.15) is 11.9 Å². The molecule has 0 radical (unpaired) electrons. The van der Waals surface area contributed by atoms with E-state index in [0.29, 0.717) is 18.8 Å². The summed E-state index contributed by atoms with van der Waals surface area (Å²) < 4.78 is 38.7. The molecule has 6 heteroatoms. The largest absolute Gasteiger partial charge is 0.433 e. The van der Waals surface area contributed by atoms with Crippen molar-refractivity contribution in [1.82, 2.24) is 0 Å². The molecule has 16 heavy (non-hydrogen) atoms. The topological polar surface area (TPSA) is 53.7 Å². The molecule has 1 saturated heterocycles. The van der Waals surface area contributed by atoms with Gasteiger partial charge in [-0.05, 0) is 12.1 Å². The Balaban J connectivity index is 2.15. The van der Waals surface area contributed by atoms with Gasteiger partial charge >= 0.3 is 6.61 Å². The molecule has 0 aromatic heterocycles. The second kappa shape index (κ2) is 4.63. The van der Waals surface area contributed by atoms with E-state index in [1.54, 1.807) is 6.07 Å². The van der Waals surface area contributed by atoms with Crippen molar-refractivity contribution < 1.29 is 23.0 Å². The fourth-order valence-corrected chi connectivity index (χ4v) is 1.47. The van der Waals surface area contributed by atoms with E-state index < -0.39 is 12.9 Å². The van der Waals surface area contributed by atoms with Gasteiger partial charge in [0.25, 0.3) is 0 Å². The lowest BCUT2D eigenvalue weighted by molar-refractivity contribution is -0.0500. The Kier molecular flexibility index (Phi) is 3.21. The molecule has 0 amide bonds. The highest BCUT2D eigenvalue weighted by Crippen LogP contribution is 2.30. The highest BCUT2D eigenvalue weighted by Gasteiger charge is 2.19. The molecule has 88 valence electrons. The van der Waals surface area contributed by atoms with Crippen LogP contribution >= 0.6 is 0 Å². The molecular weight excluding hydrogens is 220 g/mol. The second-order valence-corrected chi connectivity index (χ2v) is 3.25. The highest BCUT2D eigenvalue weighted by molar-refractivity contribution is 5.54. The van der Waals surface area contributed by atoms with Crippen molar-refractivity contribution in [3.8, 4) is 5.75 Å². The summed E-state index contributed by atoms with van der Waals surface area (Å²) in [7, 11) is 0. The molecule has 0 bridgehead atoms. The third kappa shape index (κ3) is 2.40. The predicted molar refractivity (Wildman–Crippen MR) is 52.1 cm³/mol. The van der Waals surface area contributed by atoms with Crippen LogP contribution in [-0.2, 0) is 9.47 Å². The number of anilines is 1. The van der Waals surface area contributed by atoms with Crippen LogP contribution in [0.4, 0.5) is 14.5 Å². The number of alkyl halides is 2. The third-order valence-corrected chi connectivity index (χ3v) is 2.14. The van der Waals surface area contributed by atoms with E-state index in [1.807, 2.05) is 0 Å². The van der Waals surface area contributed by atoms with Gasteiger partial charge in [-0.2, -0.15) is 8.78 Å². The molecule has 2 N–H and O–H groups in total. The molecule has 1 aliphatic heterocycles. The van der Waals surface area contributed by atoms with Crippen LogP contribution in [-0.4, -0.2) is 19.8 Å². The molecule has 2 rings (SSSR count). The first kappa shape index (κ1) is 11.1. The maximum Gasteiger partial charge on any atom is 0.387 e. The molecule has 0 atom stereocenters. The summed E-state index contributed by atoms with van der Waals surface area (Å²) in [4.78, 5) is 0. The lowest BCUT2D eigenvalue weighted by Crippen LogP contribution is -2.06. The molecule has 1 aromatic carbocycles. The summed E-state index contributed by atoms with van der Waals surface area (Å²) in [5.74, 6) is -0.0447. The molecule has 0 saturated carbocycles. The van der Waals surface area contributed by atoms with Crippen LogP contribution < -0.4 is 10.5 Å². The number of hydrogen-bond acceptors (Lipinski definition) is 4. The molecule has 1 aromatic rings. The van der Waals surface area contributed by atoms with Crippen LogP contribution in [0.2, 0.25) is 0 Å². The van der Waals surface area contributed by atoms with Crippen LogP contribution in [0.3, 0.4) is 0 Å². The van der Waals surface area contributed by atoms with Gasteiger partial charge in [-0.15, -0.1) is 0 Å². The van der Waals surface area contributed by atoms with Crippen LogP contribution in [0, 0.1) is 0 Å². The van der Waals surface area contributed by atoms with E-state index >= 15 is 0 Å². The Hall–Kier alpha value is -1.40. The zero-order valence-electron chi connectivity index (χ0n) is 8.36. The summed E-state index contributed by atoms with van der Waals surface area (Å²) in [5, 5.41) is 0. The van der Waals surface area contributed by atoms with Crippen molar-refractivity contribution in [3.63, 3.8) is 0 Å². The fraction of sp³-hybridized carbons (Fsp3) is 0.400. The van der Waals surface area contributed by atoms with Crippen molar-refractivity contribution in [2.24, 2.45) is 0 Å². The number of rotatable bonds is 3. The monoisotopic (exact) mass is 231 g/mol. The van der Waals surface area contributed by atoms with Crippen LogP contribution in [0.25, 0.3) is 0 Å². The Labute approximate surface area is 90.9 Å². The van der Waals surface area contributed by atoms with Gasteiger partial charge in [0.1, 0.15) is 5.75 Å². The van der Waals surface area contributed by atoms with E-state index in [0.717, 1.165) is 0 Å². The van der Waals surface area contributed by atoms with Crippen molar-refractivity contribution in [1.29, 1.82) is 0 Å². The molecule has 0 spiro atoms. The lowest BCUT2D eigenvalue weighted by atomic mass is 10.2. The van der Waals surface area contributed by atoms with E-state index in [4.69, 9.17) is 15.2 Å². The molecular formula is C10H11F2NO3. The quantitative estimate of drug-likeness (QED) is 0.807. The van der Waals surface area contributed by atoms with E-state index in [9.17, 15) is 8.78 Å². The molecule has 0 aliphatic carbocycles. The SMILES string of the molecule is Nc1cc(C2OCCO2)ccc1OC(F)F. The Morgan fingerprint density at radius 1 is 1.31 bits per heavy atom. The summed E-state index contributed by atoms with van der Waals surface area (Å²) >= 11 is 0. The van der Waals surface area contributed by atoms with Gasteiger partial charge < -0.3 is 19.9 Å². The summed E-state index contributed by atoms with van der Waals surface area (Å²) in [5.41, 5.74) is 6.40. The van der Waals surface area contributed by atoms with Crippen molar-refractivity contribution >= 4 is 5.69 Å². The first-order valence-corrected chi connectivity index (χ1v) is 4.74. The van der Waals surface area contributed by atoms with Gasteiger partial charge in [0, 0.05) is 5.56 Å². The third-order valence-electron chi connectivity index (χ3n) is 2.14. The molecule has 4 nitrogen and oxygen atoms in total. The Bertz CT molecular complexity index is 367. The molecule has 1 fully saturated rings. The number of nitrogens with two attached hydrogens (primary N) is 1. The number of ether oxygens (including phenoxy) is 3. The van der Waals surface area contributed by atoms with Gasteiger partial charge in [0.2, 0.25) is 0 Å². The Morgan fingerprint density at radius 2 is 2.00 bits per heavy atom. The maximum absolute atomic E-state index is 12.0. The summed E-state index contributed by atoms with van der Waals surface area (Å²) in [6, 6.07) is 4.47. The summed E-state index contributed by atoms with van der Waals surface area (Å²) in [6.07, 6.45) is -0.470. The molecule has 0 unspecified atom stereocenters. The minimum Gasteiger partial charge on any atom is -0.433 e. The molecule has 1 aliphatic rings. The smallest absolute Gasteiger partial charge is 0.387 e. The maximum atomic E-state index is 12.0. The van der Waals surface area contributed by atoms with E-state index in [1.165, 1.54) is 12.1 Å². The van der Waals surface area contributed by atoms with Gasteiger partial charge in [0.15, 0.2) is 6.29 Å². The Morgan fingerprint density at radius 3 is 2.56 bits per heavy atom. The zero-order chi connectivity index (χ0) is 11.5. The van der Waals surface area contributed by atoms with Crippen LogP contribution in [0.5, 0.6) is 5.75 Å². The van der Waals surface area contributed by atoms with E-state index in [2.05, 4.69) is 4.74 Å². The summed E-state index contributed by atoms with van der Waals surface area (Å²) in [6.45, 7) is -1.85. The van der Waals surface area contributed by atoms with Crippen LogP contribution in [0.15, 0.2) is 18.2 Å². The average Bonchev–Trinajstić information content (AvgIpc) is 2.73. The van der Waals surface area contributed by atoms with Crippen molar-refractivity contribution in [2.75, 3.05) is 18.9 Å². The lowest BCUT2D eigenvalue weighted by Gasteiger charge is -2.12. The highest BCUT2D eigenvalue weighted by atomic mass is 19.3. The number of halogens is 2. The first-order valence-electron chi connectivity index (χ1n) is 4.74. The number of hydrogen-bond donors (Lipinski definition) is 1. The van der Waals surface area contributed by atoms with Gasteiger partial charge in [-0.1, -0.05) is 6.07 Å². The minimum atomic E-state index is -2.88. The average molecular weight is 231 g/mol. The zero-order valence-corrected chi connectivity index (χ0v) is 8.36. The first-order chi connectivity index (χ1) is 7.66. The predicted octanol–water partition coefficient (Wildman–Crippen LogP) is 1.92. The number of benzene rings is 1. The van der Waals surface area contributed by atoms with Crippen molar-refractivity contribution in [3.05, 3.63) is 23.8 Å². The van der Waals surface area contributed by atoms with Gasteiger partial charge in [0.05, 0.1) is 18.9 Å². The van der Waals surface area contributed by atoms with E-state index in [-0.39, 0.29) is 11.4 Å². The molecule has 1 heterocycles. The minimum absolute atomic E-state index is 0.0447.